The van der Waals surface area contributed by atoms with Gasteiger partial charge in [0, 0.05) is 19.1 Å². The molecule has 1 fully saturated rings. The number of benzene rings is 1. The van der Waals surface area contributed by atoms with Gasteiger partial charge in [0.2, 0.25) is 0 Å². The lowest BCUT2D eigenvalue weighted by Crippen LogP contribution is -2.39. The molecule has 0 aliphatic carbocycles. The largest absolute Gasteiger partial charge is 0.481 e. The predicted octanol–water partition coefficient (Wildman–Crippen LogP) is 1.98. The minimum Gasteiger partial charge on any atom is -0.481 e. The Balaban J connectivity index is 2.24. The fraction of sp³-hybridized carbons (Fsp3) is 0.500. The Bertz CT molecular complexity index is 458. The van der Waals surface area contributed by atoms with Crippen molar-refractivity contribution in [3.63, 3.8) is 0 Å². The van der Waals surface area contributed by atoms with Crippen LogP contribution in [0.2, 0.25) is 0 Å². The fourth-order valence-corrected chi connectivity index (χ4v) is 2.39. The van der Waals surface area contributed by atoms with Crippen molar-refractivity contribution in [2.75, 3.05) is 26.3 Å². The molecule has 0 spiro atoms. The van der Waals surface area contributed by atoms with Gasteiger partial charge in [-0.25, -0.2) is 4.39 Å². The highest BCUT2D eigenvalue weighted by Crippen LogP contribution is 2.26. The van der Waals surface area contributed by atoms with Crippen LogP contribution in [-0.4, -0.2) is 42.3 Å². The molecule has 2 rings (SSSR count). The third kappa shape index (κ3) is 3.52. The molecule has 1 aromatic rings. The molecule has 1 N–H and O–H groups in total. The van der Waals surface area contributed by atoms with Crippen LogP contribution in [0, 0.1) is 12.7 Å². The number of carbonyl (C=O) groups is 1. The van der Waals surface area contributed by atoms with Crippen LogP contribution in [0.15, 0.2) is 18.2 Å². The van der Waals surface area contributed by atoms with Gasteiger partial charge in [-0.05, 0) is 24.1 Å². The van der Waals surface area contributed by atoms with Crippen molar-refractivity contribution in [3.8, 4) is 0 Å². The third-order valence-electron chi connectivity index (χ3n) is 3.42. The Kier molecular flexibility index (Phi) is 4.50. The van der Waals surface area contributed by atoms with Gasteiger partial charge in [-0.2, -0.15) is 0 Å². The zero-order chi connectivity index (χ0) is 13.8. The lowest BCUT2D eigenvalue weighted by atomic mass is 9.99. The Hall–Kier alpha value is -1.46. The average molecular weight is 267 g/mol. The van der Waals surface area contributed by atoms with Gasteiger partial charge in [0.1, 0.15) is 5.82 Å². The van der Waals surface area contributed by atoms with Gasteiger partial charge in [-0.15, -0.1) is 0 Å². The SMILES string of the molecule is Cc1cc(C(CC(=O)O)N2CCOCC2)ccc1F. The molecule has 0 radical (unpaired) electrons. The van der Waals surface area contributed by atoms with Crippen LogP contribution in [0.1, 0.15) is 23.6 Å². The van der Waals surface area contributed by atoms with E-state index in [1.807, 2.05) is 0 Å². The molecule has 1 aromatic carbocycles. The summed E-state index contributed by atoms with van der Waals surface area (Å²) in [6.45, 7) is 4.31. The molecule has 0 saturated carbocycles. The van der Waals surface area contributed by atoms with E-state index < -0.39 is 5.97 Å². The molecule has 5 heteroatoms. The molecule has 0 bridgehead atoms. The molecule has 1 aliphatic heterocycles. The van der Waals surface area contributed by atoms with Crippen LogP contribution >= 0.6 is 0 Å². The normalized spacial score (nSPS) is 18.2. The van der Waals surface area contributed by atoms with Crippen molar-refractivity contribution in [2.45, 2.75) is 19.4 Å². The highest BCUT2D eigenvalue weighted by Gasteiger charge is 2.25. The summed E-state index contributed by atoms with van der Waals surface area (Å²) < 4.78 is 18.6. The molecule has 0 aromatic heterocycles. The lowest BCUT2D eigenvalue weighted by molar-refractivity contribution is -0.139. The van der Waals surface area contributed by atoms with E-state index in [0.29, 0.717) is 31.9 Å². The van der Waals surface area contributed by atoms with Crippen molar-refractivity contribution >= 4 is 5.97 Å². The number of morpholine rings is 1. The molecular formula is C14H18FNO3. The van der Waals surface area contributed by atoms with Gasteiger partial charge in [-0.1, -0.05) is 12.1 Å². The first kappa shape index (κ1) is 14.0. The van der Waals surface area contributed by atoms with Crippen LogP contribution in [0.4, 0.5) is 4.39 Å². The summed E-state index contributed by atoms with van der Waals surface area (Å²) >= 11 is 0. The number of halogens is 1. The number of carboxylic acids is 1. The summed E-state index contributed by atoms with van der Waals surface area (Å²) in [6.07, 6.45) is 0.0189. The van der Waals surface area contributed by atoms with Crippen molar-refractivity contribution < 1.29 is 19.0 Å². The molecule has 1 unspecified atom stereocenters. The first-order chi connectivity index (χ1) is 9.08. The molecule has 104 valence electrons. The van der Waals surface area contributed by atoms with E-state index in [-0.39, 0.29) is 18.3 Å². The molecule has 1 saturated heterocycles. The van der Waals surface area contributed by atoms with E-state index in [9.17, 15) is 9.18 Å². The van der Waals surface area contributed by atoms with Crippen LogP contribution in [0.25, 0.3) is 0 Å². The van der Waals surface area contributed by atoms with E-state index in [2.05, 4.69) is 4.90 Å². The summed E-state index contributed by atoms with van der Waals surface area (Å²) in [4.78, 5) is 13.1. The minimum atomic E-state index is -0.849. The molecule has 1 atom stereocenters. The van der Waals surface area contributed by atoms with Crippen LogP contribution in [0.3, 0.4) is 0 Å². The highest BCUT2D eigenvalue weighted by molar-refractivity contribution is 5.68. The van der Waals surface area contributed by atoms with Crippen LogP contribution in [-0.2, 0) is 9.53 Å². The maximum Gasteiger partial charge on any atom is 0.305 e. The standard InChI is InChI=1S/C14H18FNO3/c1-10-8-11(2-3-12(10)15)13(9-14(17)18)16-4-6-19-7-5-16/h2-3,8,13H,4-7,9H2,1H3,(H,17,18). The number of rotatable bonds is 4. The maximum atomic E-state index is 13.3. The number of carboxylic acid groups (broad SMARTS) is 1. The zero-order valence-electron chi connectivity index (χ0n) is 10.9. The van der Waals surface area contributed by atoms with E-state index in [1.165, 1.54) is 6.07 Å². The van der Waals surface area contributed by atoms with E-state index in [1.54, 1.807) is 19.1 Å². The highest BCUT2D eigenvalue weighted by atomic mass is 19.1. The smallest absolute Gasteiger partial charge is 0.305 e. The van der Waals surface area contributed by atoms with E-state index in [4.69, 9.17) is 9.84 Å². The zero-order valence-corrected chi connectivity index (χ0v) is 10.9. The van der Waals surface area contributed by atoms with Crippen molar-refractivity contribution in [1.82, 2.24) is 4.90 Å². The summed E-state index contributed by atoms with van der Waals surface area (Å²) in [7, 11) is 0. The van der Waals surface area contributed by atoms with Gasteiger partial charge in [0.05, 0.1) is 19.6 Å². The third-order valence-corrected chi connectivity index (χ3v) is 3.42. The van der Waals surface area contributed by atoms with Crippen molar-refractivity contribution in [1.29, 1.82) is 0 Å². The monoisotopic (exact) mass is 267 g/mol. The second-order valence-electron chi connectivity index (χ2n) is 4.77. The van der Waals surface area contributed by atoms with Crippen LogP contribution < -0.4 is 0 Å². The topological polar surface area (TPSA) is 49.8 Å². The van der Waals surface area contributed by atoms with E-state index in [0.717, 1.165) is 5.56 Å². The predicted molar refractivity (Wildman–Crippen MR) is 68.5 cm³/mol. The second-order valence-corrected chi connectivity index (χ2v) is 4.77. The number of nitrogens with zero attached hydrogens (tertiary/aromatic N) is 1. The number of hydrogen-bond acceptors (Lipinski definition) is 3. The number of aryl methyl sites for hydroxylation is 1. The number of hydrogen-bond donors (Lipinski definition) is 1. The lowest BCUT2D eigenvalue weighted by Gasteiger charge is -2.34. The molecule has 1 aliphatic rings. The maximum absolute atomic E-state index is 13.3. The molecule has 4 nitrogen and oxygen atoms in total. The first-order valence-electron chi connectivity index (χ1n) is 6.37. The van der Waals surface area contributed by atoms with Crippen molar-refractivity contribution in [2.24, 2.45) is 0 Å². The summed E-state index contributed by atoms with van der Waals surface area (Å²) in [6, 6.07) is 4.59. The Labute approximate surface area is 111 Å². The molecular weight excluding hydrogens is 249 g/mol. The molecule has 0 amide bonds. The van der Waals surface area contributed by atoms with Gasteiger partial charge in [0.15, 0.2) is 0 Å². The van der Waals surface area contributed by atoms with Crippen LogP contribution in [0.5, 0.6) is 0 Å². The first-order valence-corrected chi connectivity index (χ1v) is 6.37. The molecule has 19 heavy (non-hydrogen) atoms. The Morgan fingerprint density at radius 1 is 1.47 bits per heavy atom. The van der Waals surface area contributed by atoms with Gasteiger partial charge in [-0.3, -0.25) is 9.69 Å². The minimum absolute atomic E-state index is 0.0189. The van der Waals surface area contributed by atoms with E-state index >= 15 is 0 Å². The Morgan fingerprint density at radius 3 is 2.74 bits per heavy atom. The van der Waals surface area contributed by atoms with Crippen molar-refractivity contribution in [3.05, 3.63) is 35.1 Å². The second kappa shape index (κ2) is 6.12. The van der Waals surface area contributed by atoms with Gasteiger partial charge in [0.25, 0.3) is 0 Å². The summed E-state index contributed by atoms with van der Waals surface area (Å²) in [5, 5.41) is 9.07. The molecule has 1 heterocycles. The average Bonchev–Trinajstić information content (AvgIpc) is 2.40. The van der Waals surface area contributed by atoms with Gasteiger partial charge < -0.3 is 9.84 Å². The number of ether oxygens (including phenoxy) is 1. The Morgan fingerprint density at radius 2 is 2.16 bits per heavy atom. The quantitative estimate of drug-likeness (QED) is 0.906. The summed E-state index contributed by atoms with van der Waals surface area (Å²) in [5.41, 5.74) is 1.39. The van der Waals surface area contributed by atoms with Gasteiger partial charge >= 0.3 is 5.97 Å². The number of aliphatic carboxylic acids is 1. The fourth-order valence-electron chi connectivity index (χ4n) is 2.39. The summed E-state index contributed by atoms with van der Waals surface area (Å²) in [5.74, 6) is -1.11.